The summed E-state index contributed by atoms with van der Waals surface area (Å²) in [7, 11) is 0. The number of hydrogen-bond acceptors (Lipinski definition) is 5. The SMILES string of the molecule is O=C(CC1C(=O)Nc2c(F)cccc21)NC(c1ccc(Cl)c(F)c1)c1nn[nH]n1. The molecule has 0 aliphatic carbocycles. The van der Waals surface area contributed by atoms with Crippen LogP contribution in [-0.4, -0.2) is 32.4 Å². The predicted octanol–water partition coefficient (Wildman–Crippen LogP) is 2.46. The summed E-state index contributed by atoms with van der Waals surface area (Å²) >= 11 is 5.72. The highest BCUT2D eigenvalue weighted by Gasteiger charge is 2.34. The van der Waals surface area contributed by atoms with E-state index in [4.69, 9.17) is 11.6 Å². The van der Waals surface area contributed by atoms with Crippen LogP contribution in [0.4, 0.5) is 14.5 Å². The molecule has 2 aromatic carbocycles. The molecule has 2 atom stereocenters. The third-order valence-electron chi connectivity index (χ3n) is 4.58. The number of hydrogen-bond donors (Lipinski definition) is 3. The summed E-state index contributed by atoms with van der Waals surface area (Å²) in [6.07, 6.45) is -0.243. The van der Waals surface area contributed by atoms with Crippen LogP contribution in [0.5, 0.6) is 0 Å². The molecule has 2 unspecified atom stereocenters. The molecule has 0 fully saturated rings. The van der Waals surface area contributed by atoms with Crippen molar-refractivity contribution in [2.24, 2.45) is 0 Å². The smallest absolute Gasteiger partial charge is 0.232 e. The van der Waals surface area contributed by atoms with Crippen molar-refractivity contribution in [3.8, 4) is 0 Å². The Labute approximate surface area is 167 Å². The van der Waals surface area contributed by atoms with Gasteiger partial charge in [-0.25, -0.2) is 8.78 Å². The number of fused-ring (bicyclic) bond motifs is 1. The van der Waals surface area contributed by atoms with E-state index in [9.17, 15) is 18.4 Å². The highest BCUT2D eigenvalue weighted by molar-refractivity contribution is 6.30. The lowest BCUT2D eigenvalue weighted by Crippen LogP contribution is -2.32. The second-order valence-electron chi connectivity index (χ2n) is 6.39. The number of amides is 2. The fourth-order valence-electron chi connectivity index (χ4n) is 3.20. The van der Waals surface area contributed by atoms with Gasteiger partial charge in [0.2, 0.25) is 17.6 Å². The molecule has 3 aromatic rings. The summed E-state index contributed by atoms with van der Waals surface area (Å²) in [6.45, 7) is 0. The zero-order valence-corrected chi connectivity index (χ0v) is 15.4. The lowest BCUT2D eigenvalue weighted by Gasteiger charge is -2.17. The number of para-hydroxylation sites is 1. The lowest BCUT2D eigenvalue weighted by atomic mass is 9.96. The molecule has 148 valence electrons. The molecule has 0 spiro atoms. The Morgan fingerprint density at radius 2 is 2.07 bits per heavy atom. The van der Waals surface area contributed by atoms with Crippen LogP contribution >= 0.6 is 11.6 Å². The van der Waals surface area contributed by atoms with Gasteiger partial charge in [0, 0.05) is 6.42 Å². The standard InChI is InChI=1S/C18H13ClF2N6O2/c19-11-5-4-8(6-13(11)21)15(17-24-26-27-25-17)22-14(28)7-10-9-2-1-3-12(20)16(9)23-18(10)29/h1-6,10,15H,7H2,(H,22,28)(H,23,29)(H,24,25,26,27). The van der Waals surface area contributed by atoms with Crippen molar-refractivity contribution in [1.29, 1.82) is 0 Å². The molecule has 0 bridgehead atoms. The maximum atomic E-state index is 13.9. The maximum Gasteiger partial charge on any atom is 0.232 e. The normalized spacial score (nSPS) is 16.2. The largest absolute Gasteiger partial charge is 0.342 e. The molecular weight excluding hydrogens is 406 g/mol. The van der Waals surface area contributed by atoms with Crippen LogP contribution in [0, 0.1) is 11.6 Å². The van der Waals surface area contributed by atoms with Crippen LogP contribution in [0.15, 0.2) is 36.4 Å². The fourth-order valence-corrected chi connectivity index (χ4v) is 3.32. The second-order valence-corrected chi connectivity index (χ2v) is 6.80. The summed E-state index contributed by atoms with van der Waals surface area (Å²) < 4.78 is 27.8. The number of carbonyl (C=O) groups is 2. The number of H-pyrrole nitrogens is 1. The van der Waals surface area contributed by atoms with E-state index in [1.54, 1.807) is 6.07 Å². The van der Waals surface area contributed by atoms with E-state index in [0.29, 0.717) is 11.1 Å². The highest BCUT2D eigenvalue weighted by atomic mass is 35.5. The molecule has 2 heterocycles. The van der Waals surface area contributed by atoms with E-state index in [1.807, 2.05) is 0 Å². The number of halogens is 3. The third kappa shape index (κ3) is 3.66. The molecule has 0 saturated heterocycles. The van der Waals surface area contributed by atoms with Crippen molar-refractivity contribution in [3.05, 3.63) is 70.0 Å². The number of tetrazole rings is 1. The van der Waals surface area contributed by atoms with Crippen LogP contribution < -0.4 is 10.6 Å². The van der Waals surface area contributed by atoms with Crippen LogP contribution in [-0.2, 0) is 9.59 Å². The Morgan fingerprint density at radius 1 is 1.24 bits per heavy atom. The Hall–Kier alpha value is -3.40. The minimum Gasteiger partial charge on any atom is -0.342 e. The van der Waals surface area contributed by atoms with Gasteiger partial charge in [-0.2, -0.15) is 5.21 Å². The number of anilines is 1. The number of aromatic nitrogens is 4. The molecule has 0 radical (unpaired) electrons. The van der Waals surface area contributed by atoms with Crippen LogP contribution in [0.3, 0.4) is 0 Å². The van der Waals surface area contributed by atoms with Gasteiger partial charge in [0.15, 0.2) is 0 Å². The van der Waals surface area contributed by atoms with Crippen molar-refractivity contribution in [2.75, 3.05) is 5.32 Å². The van der Waals surface area contributed by atoms with Crippen molar-refractivity contribution in [2.45, 2.75) is 18.4 Å². The molecule has 4 rings (SSSR count). The van der Waals surface area contributed by atoms with Gasteiger partial charge in [-0.05, 0) is 29.3 Å². The van der Waals surface area contributed by atoms with Gasteiger partial charge >= 0.3 is 0 Å². The Morgan fingerprint density at radius 3 is 2.79 bits per heavy atom. The quantitative estimate of drug-likeness (QED) is 0.589. The molecule has 1 aliphatic heterocycles. The van der Waals surface area contributed by atoms with Crippen molar-refractivity contribution in [3.63, 3.8) is 0 Å². The topological polar surface area (TPSA) is 113 Å². The van der Waals surface area contributed by atoms with Gasteiger partial charge in [0.1, 0.15) is 17.7 Å². The summed E-state index contributed by atoms with van der Waals surface area (Å²) in [5.41, 5.74) is 0.813. The minimum atomic E-state index is -0.926. The van der Waals surface area contributed by atoms with Crippen LogP contribution in [0.2, 0.25) is 5.02 Å². The highest BCUT2D eigenvalue weighted by Crippen LogP contribution is 2.36. The van der Waals surface area contributed by atoms with Crippen LogP contribution in [0.25, 0.3) is 0 Å². The Bertz CT molecular complexity index is 1090. The van der Waals surface area contributed by atoms with Gasteiger partial charge in [-0.15, -0.1) is 10.2 Å². The van der Waals surface area contributed by atoms with Gasteiger partial charge in [-0.3, -0.25) is 9.59 Å². The second kappa shape index (κ2) is 7.55. The molecule has 3 N–H and O–H groups in total. The average molecular weight is 419 g/mol. The van der Waals surface area contributed by atoms with E-state index < -0.39 is 35.4 Å². The van der Waals surface area contributed by atoms with Gasteiger partial charge in [-0.1, -0.05) is 35.0 Å². The molecule has 2 amide bonds. The van der Waals surface area contributed by atoms with Crippen molar-refractivity contribution >= 4 is 29.1 Å². The van der Waals surface area contributed by atoms with E-state index >= 15 is 0 Å². The maximum absolute atomic E-state index is 13.9. The Balaban J connectivity index is 1.57. The summed E-state index contributed by atoms with van der Waals surface area (Å²) in [6, 6.07) is 7.36. The number of benzene rings is 2. The van der Waals surface area contributed by atoms with Crippen molar-refractivity contribution in [1.82, 2.24) is 25.9 Å². The van der Waals surface area contributed by atoms with Crippen LogP contribution in [0.1, 0.15) is 35.3 Å². The first-order chi connectivity index (χ1) is 13.9. The first kappa shape index (κ1) is 18.9. The van der Waals surface area contributed by atoms with Gasteiger partial charge in [0.25, 0.3) is 0 Å². The molecule has 0 saturated carbocycles. The molecule has 1 aliphatic rings. The lowest BCUT2D eigenvalue weighted by molar-refractivity contribution is -0.125. The first-order valence-corrected chi connectivity index (χ1v) is 8.88. The number of aromatic amines is 1. The minimum absolute atomic E-state index is 0.0739. The van der Waals surface area contributed by atoms with E-state index in [-0.39, 0.29) is 23.0 Å². The number of nitrogens with one attached hydrogen (secondary N) is 3. The van der Waals surface area contributed by atoms with Gasteiger partial charge < -0.3 is 10.6 Å². The number of rotatable bonds is 5. The van der Waals surface area contributed by atoms with E-state index in [2.05, 4.69) is 31.3 Å². The zero-order valence-electron chi connectivity index (χ0n) is 14.6. The van der Waals surface area contributed by atoms with E-state index in [0.717, 1.165) is 6.07 Å². The fraction of sp³-hybridized carbons (Fsp3) is 0.167. The molecular formula is C18H13ClF2N6O2. The number of carbonyl (C=O) groups excluding carboxylic acids is 2. The first-order valence-electron chi connectivity index (χ1n) is 8.51. The summed E-state index contributed by atoms with van der Waals surface area (Å²) in [4.78, 5) is 24.9. The third-order valence-corrected chi connectivity index (χ3v) is 4.88. The van der Waals surface area contributed by atoms with Crippen molar-refractivity contribution < 1.29 is 18.4 Å². The average Bonchev–Trinajstić information content (AvgIpc) is 3.32. The monoisotopic (exact) mass is 418 g/mol. The summed E-state index contributed by atoms with van der Waals surface area (Å²) in [5, 5.41) is 18.5. The molecule has 11 heteroatoms. The molecule has 29 heavy (non-hydrogen) atoms. The van der Waals surface area contributed by atoms with E-state index in [1.165, 1.54) is 24.3 Å². The number of nitrogens with zero attached hydrogens (tertiary/aromatic N) is 3. The predicted molar refractivity (Wildman–Crippen MR) is 98.0 cm³/mol. The molecule has 8 nitrogen and oxygen atoms in total. The zero-order chi connectivity index (χ0) is 20.5. The summed E-state index contributed by atoms with van der Waals surface area (Å²) in [5.74, 6) is -3.01. The molecule has 1 aromatic heterocycles. The Kier molecular flexibility index (Phi) is 4.93. The van der Waals surface area contributed by atoms with Gasteiger partial charge in [0.05, 0.1) is 16.6 Å².